The van der Waals surface area contributed by atoms with Gasteiger partial charge in [0.05, 0.1) is 24.1 Å². The van der Waals surface area contributed by atoms with Crippen molar-refractivity contribution in [1.82, 2.24) is 9.78 Å². The third kappa shape index (κ3) is 3.57. The predicted molar refractivity (Wildman–Crippen MR) is 102 cm³/mol. The number of carbonyl (C=O) groups excluding carboxylic acids is 2. The number of nitrogens with one attached hydrogen (secondary N) is 1. The van der Waals surface area contributed by atoms with Crippen molar-refractivity contribution >= 4 is 28.3 Å². The first-order valence-corrected chi connectivity index (χ1v) is 8.43. The van der Waals surface area contributed by atoms with Crippen molar-refractivity contribution in [3.63, 3.8) is 0 Å². The Kier molecular flexibility index (Phi) is 5.03. The molecule has 1 aromatic heterocycles. The number of hydrogen-bond donors (Lipinski definition) is 1. The molecule has 0 fully saturated rings. The minimum Gasteiger partial charge on any atom is -0.465 e. The Balaban J connectivity index is 1.99. The standard InChI is InChI=1S/C20H19N3O4/c1-12(2)23-19(25)16-7-5-4-6-15(16)17(22-23)18(24)21-14-10-8-13(9-11-14)20(26)27-3/h4-12H,1-3H3,(H,21,24). The minimum absolute atomic E-state index is 0.163. The van der Waals surface area contributed by atoms with Crippen LogP contribution in [0.2, 0.25) is 0 Å². The molecule has 2 aromatic carbocycles. The maximum Gasteiger partial charge on any atom is 0.337 e. The summed E-state index contributed by atoms with van der Waals surface area (Å²) in [6, 6.07) is 13.0. The number of anilines is 1. The number of nitrogens with zero attached hydrogens (tertiary/aromatic N) is 2. The Morgan fingerprint density at radius 3 is 2.26 bits per heavy atom. The summed E-state index contributed by atoms with van der Waals surface area (Å²) in [5.74, 6) is -0.893. The Labute approximate surface area is 155 Å². The van der Waals surface area contributed by atoms with E-state index in [4.69, 9.17) is 0 Å². The molecule has 0 aliphatic carbocycles. The maximum atomic E-state index is 12.8. The van der Waals surface area contributed by atoms with Crippen LogP contribution in [0.25, 0.3) is 10.8 Å². The molecule has 1 amide bonds. The van der Waals surface area contributed by atoms with Crippen molar-refractivity contribution in [3.05, 3.63) is 70.1 Å². The lowest BCUT2D eigenvalue weighted by Crippen LogP contribution is -2.28. The first-order valence-electron chi connectivity index (χ1n) is 8.43. The highest BCUT2D eigenvalue weighted by atomic mass is 16.5. The summed E-state index contributed by atoms with van der Waals surface area (Å²) in [5, 5.41) is 7.95. The van der Waals surface area contributed by atoms with Gasteiger partial charge in [0.25, 0.3) is 11.5 Å². The van der Waals surface area contributed by atoms with Crippen LogP contribution in [0.3, 0.4) is 0 Å². The summed E-state index contributed by atoms with van der Waals surface area (Å²) in [7, 11) is 1.30. The van der Waals surface area contributed by atoms with Crippen molar-refractivity contribution in [2.24, 2.45) is 0 Å². The second-order valence-electron chi connectivity index (χ2n) is 6.26. The SMILES string of the molecule is COC(=O)c1ccc(NC(=O)c2nn(C(C)C)c(=O)c3ccccc23)cc1. The molecule has 7 heteroatoms. The number of amides is 1. The quantitative estimate of drug-likeness (QED) is 0.718. The average Bonchev–Trinajstić information content (AvgIpc) is 2.68. The van der Waals surface area contributed by atoms with Crippen LogP contribution in [0.4, 0.5) is 5.69 Å². The van der Waals surface area contributed by atoms with Gasteiger partial charge in [-0.3, -0.25) is 9.59 Å². The summed E-state index contributed by atoms with van der Waals surface area (Å²) in [6.07, 6.45) is 0. The van der Waals surface area contributed by atoms with E-state index in [-0.39, 0.29) is 17.3 Å². The van der Waals surface area contributed by atoms with Crippen LogP contribution >= 0.6 is 0 Å². The van der Waals surface area contributed by atoms with Gasteiger partial charge in [0.2, 0.25) is 0 Å². The molecule has 0 radical (unpaired) electrons. The smallest absolute Gasteiger partial charge is 0.337 e. The number of fused-ring (bicyclic) bond motifs is 1. The Hall–Kier alpha value is -3.48. The highest BCUT2D eigenvalue weighted by molar-refractivity contribution is 6.11. The van der Waals surface area contributed by atoms with Gasteiger partial charge in [-0.1, -0.05) is 18.2 Å². The maximum absolute atomic E-state index is 12.8. The molecular formula is C20H19N3O4. The Morgan fingerprint density at radius 1 is 1.04 bits per heavy atom. The second kappa shape index (κ2) is 7.41. The summed E-state index contributed by atoms with van der Waals surface area (Å²) < 4.78 is 5.96. The number of aromatic nitrogens is 2. The van der Waals surface area contributed by atoms with Crippen LogP contribution in [0, 0.1) is 0 Å². The van der Waals surface area contributed by atoms with Crippen molar-refractivity contribution in [1.29, 1.82) is 0 Å². The number of ether oxygens (including phenoxy) is 1. The topological polar surface area (TPSA) is 90.3 Å². The molecule has 138 valence electrons. The Bertz CT molecular complexity index is 1070. The van der Waals surface area contributed by atoms with Gasteiger partial charge in [-0.15, -0.1) is 0 Å². The second-order valence-corrected chi connectivity index (χ2v) is 6.26. The van der Waals surface area contributed by atoms with Gasteiger partial charge >= 0.3 is 5.97 Å². The molecule has 0 atom stereocenters. The zero-order valence-electron chi connectivity index (χ0n) is 15.2. The first-order chi connectivity index (χ1) is 12.9. The number of benzene rings is 2. The van der Waals surface area contributed by atoms with Crippen molar-refractivity contribution in [2.75, 3.05) is 12.4 Å². The van der Waals surface area contributed by atoms with Gasteiger partial charge < -0.3 is 10.1 Å². The number of hydrogen-bond acceptors (Lipinski definition) is 5. The normalized spacial score (nSPS) is 10.8. The summed E-state index contributed by atoms with van der Waals surface area (Å²) in [5.41, 5.74) is 0.809. The molecule has 0 unspecified atom stereocenters. The molecule has 0 bridgehead atoms. The van der Waals surface area contributed by atoms with Crippen LogP contribution in [0.5, 0.6) is 0 Å². The Morgan fingerprint density at radius 2 is 1.67 bits per heavy atom. The predicted octanol–water partition coefficient (Wildman–Crippen LogP) is 3.02. The van der Waals surface area contributed by atoms with Crippen molar-refractivity contribution in [2.45, 2.75) is 19.9 Å². The molecule has 0 aliphatic heterocycles. The fourth-order valence-corrected chi connectivity index (χ4v) is 2.72. The molecule has 3 aromatic rings. The van der Waals surface area contributed by atoms with Gasteiger partial charge in [-0.2, -0.15) is 5.10 Å². The van der Waals surface area contributed by atoms with Gasteiger partial charge in [0.15, 0.2) is 5.69 Å². The lowest BCUT2D eigenvalue weighted by molar-refractivity contribution is 0.0600. The van der Waals surface area contributed by atoms with E-state index in [2.05, 4.69) is 15.2 Å². The molecule has 0 saturated carbocycles. The summed E-state index contributed by atoms with van der Waals surface area (Å²) in [6.45, 7) is 3.66. The highest BCUT2D eigenvalue weighted by Crippen LogP contribution is 2.17. The first kappa shape index (κ1) is 18.3. The molecule has 27 heavy (non-hydrogen) atoms. The number of rotatable bonds is 4. The lowest BCUT2D eigenvalue weighted by Gasteiger charge is -2.13. The zero-order valence-corrected chi connectivity index (χ0v) is 15.2. The van der Waals surface area contributed by atoms with E-state index in [0.29, 0.717) is 22.0 Å². The van der Waals surface area contributed by atoms with Gasteiger partial charge in [0.1, 0.15) is 0 Å². The van der Waals surface area contributed by atoms with Crippen LogP contribution < -0.4 is 10.9 Å². The molecule has 7 nitrogen and oxygen atoms in total. The van der Waals surface area contributed by atoms with E-state index in [1.54, 1.807) is 48.5 Å². The third-order valence-corrected chi connectivity index (χ3v) is 4.10. The van der Waals surface area contributed by atoms with Crippen molar-refractivity contribution < 1.29 is 14.3 Å². The van der Waals surface area contributed by atoms with E-state index in [0.717, 1.165) is 0 Å². The fourth-order valence-electron chi connectivity index (χ4n) is 2.72. The van der Waals surface area contributed by atoms with E-state index in [1.807, 2.05) is 13.8 Å². The van der Waals surface area contributed by atoms with Gasteiger partial charge in [0, 0.05) is 11.1 Å². The average molecular weight is 365 g/mol. The monoisotopic (exact) mass is 365 g/mol. The minimum atomic E-state index is -0.454. The molecule has 3 rings (SSSR count). The summed E-state index contributed by atoms with van der Waals surface area (Å²) >= 11 is 0. The molecule has 1 heterocycles. The molecule has 0 spiro atoms. The fraction of sp³-hybridized carbons (Fsp3) is 0.200. The summed E-state index contributed by atoms with van der Waals surface area (Å²) in [4.78, 5) is 36.9. The van der Waals surface area contributed by atoms with E-state index >= 15 is 0 Å². The van der Waals surface area contributed by atoms with Crippen LogP contribution in [-0.2, 0) is 4.74 Å². The van der Waals surface area contributed by atoms with E-state index < -0.39 is 11.9 Å². The van der Waals surface area contributed by atoms with E-state index in [9.17, 15) is 14.4 Å². The zero-order chi connectivity index (χ0) is 19.6. The van der Waals surface area contributed by atoms with Crippen LogP contribution in [0.1, 0.15) is 40.7 Å². The van der Waals surface area contributed by atoms with Gasteiger partial charge in [-0.25, -0.2) is 9.48 Å². The molecular weight excluding hydrogens is 346 g/mol. The molecule has 0 saturated heterocycles. The number of methoxy groups -OCH3 is 1. The highest BCUT2D eigenvalue weighted by Gasteiger charge is 2.18. The lowest BCUT2D eigenvalue weighted by atomic mass is 10.1. The van der Waals surface area contributed by atoms with Gasteiger partial charge in [-0.05, 0) is 44.2 Å². The van der Waals surface area contributed by atoms with Crippen molar-refractivity contribution in [3.8, 4) is 0 Å². The third-order valence-electron chi connectivity index (χ3n) is 4.10. The van der Waals surface area contributed by atoms with E-state index in [1.165, 1.54) is 11.8 Å². The number of esters is 1. The number of carbonyl (C=O) groups is 2. The largest absolute Gasteiger partial charge is 0.465 e. The van der Waals surface area contributed by atoms with Crippen LogP contribution in [0.15, 0.2) is 53.3 Å². The molecule has 1 N–H and O–H groups in total. The van der Waals surface area contributed by atoms with Crippen LogP contribution in [-0.4, -0.2) is 28.8 Å². The molecule has 0 aliphatic rings.